The third-order valence-electron chi connectivity index (χ3n) is 3.27. The summed E-state index contributed by atoms with van der Waals surface area (Å²) in [4.78, 5) is 12.0. The number of rotatable bonds is 4. The molecule has 0 fully saturated rings. The molecule has 0 aromatic heterocycles. The van der Waals surface area contributed by atoms with Crippen molar-refractivity contribution in [1.29, 1.82) is 0 Å². The van der Waals surface area contributed by atoms with Crippen molar-refractivity contribution >= 4 is 5.97 Å². The highest BCUT2D eigenvalue weighted by Crippen LogP contribution is 2.27. The number of likely N-dealkylation sites (N-methyl/N-ethyl adjacent to an activating group) is 1. The van der Waals surface area contributed by atoms with Crippen molar-refractivity contribution in [3.63, 3.8) is 0 Å². The fourth-order valence-corrected chi connectivity index (χ4v) is 2.04. The quantitative estimate of drug-likeness (QED) is 0.848. The molecule has 1 unspecified atom stereocenters. The molecule has 0 amide bonds. The summed E-state index contributed by atoms with van der Waals surface area (Å²) in [6, 6.07) is 5.89. The van der Waals surface area contributed by atoms with E-state index < -0.39 is 6.04 Å². The lowest BCUT2D eigenvalue weighted by molar-refractivity contribution is -0.145. The van der Waals surface area contributed by atoms with Crippen molar-refractivity contribution in [1.82, 2.24) is 5.32 Å². The molecule has 3 heteroatoms. The zero-order valence-electron chi connectivity index (χ0n) is 12.8. The van der Waals surface area contributed by atoms with E-state index in [9.17, 15) is 4.79 Å². The summed E-state index contributed by atoms with van der Waals surface area (Å²) in [6.07, 6.45) is 0. The van der Waals surface area contributed by atoms with Gasteiger partial charge in [0.2, 0.25) is 0 Å². The van der Waals surface area contributed by atoms with Crippen molar-refractivity contribution in [2.24, 2.45) is 0 Å². The summed E-state index contributed by atoms with van der Waals surface area (Å²) in [5.74, 6) is -0.223. The van der Waals surface area contributed by atoms with E-state index in [1.165, 1.54) is 5.56 Å². The van der Waals surface area contributed by atoms with E-state index >= 15 is 0 Å². The SMILES string of the molecule is CCOC(=O)C(NC)c1cc(C(C)(C)C)ccc1C. The Labute approximate surface area is 116 Å². The van der Waals surface area contributed by atoms with Crippen LogP contribution in [0, 0.1) is 6.92 Å². The highest BCUT2D eigenvalue weighted by Gasteiger charge is 2.23. The maximum atomic E-state index is 12.0. The molecule has 0 radical (unpaired) electrons. The molecule has 0 aliphatic heterocycles. The lowest BCUT2D eigenvalue weighted by Gasteiger charge is -2.23. The molecule has 1 atom stereocenters. The van der Waals surface area contributed by atoms with E-state index in [0.717, 1.165) is 11.1 Å². The molecule has 0 spiro atoms. The first-order valence-electron chi connectivity index (χ1n) is 6.76. The van der Waals surface area contributed by atoms with Gasteiger partial charge in [-0.05, 0) is 43.0 Å². The first kappa shape index (κ1) is 15.7. The molecular formula is C16H25NO2. The summed E-state index contributed by atoms with van der Waals surface area (Å²) in [6.45, 7) is 10.7. The highest BCUT2D eigenvalue weighted by atomic mass is 16.5. The van der Waals surface area contributed by atoms with E-state index in [4.69, 9.17) is 4.74 Å². The number of benzene rings is 1. The van der Waals surface area contributed by atoms with Gasteiger partial charge >= 0.3 is 5.97 Å². The predicted octanol–water partition coefficient (Wildman–Crippen LogP) is 3.12. The number of hydrogen-bond acceptors (Lipinski definition) is 3. The Kier molecular flexibility index (Phi) is 5.12. The molecule has 19 heavy (non-hydrogen) atoms. The van der Waals surface area contributed by atoms with Crippen LogP contribution in [0.15, 0.2) is 18.2 Å². The molecule has 0 bridgehead atoms. The fraction of sp³-hybridized carbons (Fsp3) is 0.562. The second-order valence-electron chi connectivity index (χ2n) is 5.80. The van der Waals surface area contributed by atoms with Crippen LogP contribution in [0.5, 0.6) is 0 Å². The smallest absolute Gasteiger partial charge is 0.327 e. The Morgan fingerprint density at radius 3 is 2.47 bits per heavy atom. The third kappa shape index (κ3) is 3.80. The van der Waals surface area contributed by atoms with Crippen molar-refractivity contribution in [3.8, 4) is 0 Å². The number of nitrogens with one attached hydrogen (secondary N) is 1. The zero-order chi connectivity index (χ0) is 14.6. The van der Waals surface area contributed by atoms with Gasteiger partial charge < -0.3 is 10.1 Å². The normalized spacial score (nSPS) is 13.2. The summed E-state index contributed by atoms with van der Waals surface area (Å²) in [5, 5.41) is 3.05. The van der Waals surface area contributed by atoms with Crippen LogP contribution in [0.2, 0.25) is 0 Å². The Bertz CT molecular complexity index is 447. The van der Waals surface area contributed by atoms with Crippen LogP contribution in [0.25, 0.3) is 0 Å². The first-order chi connectivity index (χ1) is 8.81. The van der Waals surface area contributed by atoms with Crippen molar-refractivity contribution in [3.05, 3.63) is 34.9 Å². The minimum absolute atomic E-state index is 0.0649. The lowest BCUT2D eigenvalue weighted by atomic mass is 9.84. The van der Waals surface area contributed by atoms with Gasteiger partial charge in [0.1, 0.15) is 6.04 Å². The molecule has 0 saturated heterocycles. The molecule has 106 valence electrons. The van der Waals surface area contributed by atoms with Crippen LogP contribution < -0.4 is 5.32 Å². The molecule has 0 aliphatic carbocycles. The molecule has 1 N–H and O–H groups in total. The van der Waals surface area contributed by atoms with Gasteiger partial charge in [0.25, 0.3) is 0 Å². The van der Waals surface area contributed by atoms with Crippen LogP contribution >= 0.6 is 0 Å². The lowest BCUT2D eigenvalue weighted by Crippen LogP contribution is -2.28. The van der Waals surface area contributed by atoms with Crippen LogP contribution in [0.4, 0.5) is 0 Å². The molecule has 0 saturated carbocycles. The van der Waals surface area contributed by atoms with Gasteiger partial charge in [-0.3, -0.25) is 0 Å². The molecule has 1 aromatic carbocycles. The first-order valence-corrected chi connectivity index (χ1v) is 6.76. The summed E-state index contributed by atoms with van der Waals surface area (Å²) < 4.78 is 5.13. The largest absolute Gasteiger partial charge is 0.465 e. The number of ether oxygens (including phenoxy) is 1. The van der Waals surface area contributed by atoms with Gasteiger partial charge in [-0.2, -0.15) is 0 Å². The Morgan fingerprint density at radius 1 is 1.37 bits per heavy atom. The Balaban J connectivity index is 3.20. The van der Waals surface area contributed by atoms with Crippen LogP contribution in [-0.4, -0.2) is 19.6 Å². The summed E-state index contributed by atoms with van der Waals surface area (Å²) in [5.41, 5.74) is 3.38. The summed E-state index contributed by atoms with van der Waals surface area (Å²) in [7, 11) is 1.78. The van der Waals surface area contributed by atoms with E-state index in [1.54, 1.807) is 7.05 Å². The van der Waals surface area contributed by atoms with Gasteiger partial charge in [-0.15, -0.1) is 0 Å². The van der Waals surface area contributed by atoms with Gasteiger partial charge in [0, 0.05) is 0 Å². The zero-order valence-corrected chi connectivity index (χ0v) is 12.8. The molecule has 3 nitrogen and oxygen atoms in total. The van der Waals surface area contributed by atoms with Crippen molar-refractivity contribution in [2.45, 2.75) is 46.1 Å². The summed E-state index contributed by atoms with van der Waals surface area (Å²) >= 11 is 0. The number of esters is 1. The van der Waals surface area contributed by atoms with Crippen LogP contribution in [0.3, 0.4) is 0 Å². The van der Waals surface area contributed by atoms with E-state index in [2.05, 4.69) is 44.3 Å². The minimum atomic E-state index is -0.401. The van der Waals surface area contributed by atoms with Gasteiger partial charge in [0.15, 0.2) is 0 Å². The van der Waals surface area contributed by atoms with Gasteiger partial charge in [-0.25, -0.2) is 4.79 Å². The number of aryl methyl sites for hydroxylation is 1. The topological polar surface area (TPSA) is 38.3 Å². The second-order valence-corrected chi connectivity index (χ2v) is 5.80. The third-order valence-corrected chi connectivity index (χ3v) is 3.27. The monoisotopic (exact) mass is 263 g/mol. The number of carbonyl (C=O) groups is 1. The average molecular weight is 263 g/mol. The minimum Gasteiger partial charge on any atom is -0.465 e. The molecule has 0 aliphatic rings. The van der Waals surface area contributed by atoms with Crippen LogP contribution in [0.1, 0.15) is 50.4 Å². The molecule has 0 heterocycles. The number of carbonyl (C=O) groups excluding carboxylic acids is 1. The van der Waals surface area contributed by atoms with E-state index in [1.807, 2.05) is 13.8 Å². The second kappa shape index (κ2) is 6.20. The van der Waals surface area contributed by atoms with Crippen LogP contribution in [-0.2, 0) is 14.9 Å². The molecular weight excluding hydrogens is 238 g/mol. The van der Waals surface area contributed by atoms with E-state index in [0.29, 0.717) is 6.61 Å². The predicted molar refractivity (Wildman–Crippen MR) is 78.3 cm³/mol. The van der Waals surface area contributed by atoms with Gasteiger partial charge in [0.05, 0.1) is 6.61 Å². The van der Waals surface area contributed by atoms with Gasteiger partial charge in [-0.1, -0.05) is 39.0 Å². The van der Waals surface area contributed by atoms with E-state index in [-0.39, 0.29) is 11.4 Å². The Hall–Kier alpha value is -1.35. The van der Waals surface area contributed by atoms with Crippen molar-refractivity contribution in [2.75, 3.05) is 13.7 Å². The maximum absolute atomic E-state index is 12.0. The maximum Gasteiger partial charge on any atom is 0.327 e. The average Bonchev–Trinajstić information content (AvgIpc) is 2.31. The highest BCUT2D eigenvalue weighted by molar-refractivity contribution is 5.78. The molecule has 1 aromatic rings. The fourth-order valence-electron chi connectivity index (χ4n) is 2.04. The Morgan fingerprint density at radius 2 is 2.00 bits per heavy atom. The standard InChI is InChI=1S/C16H25NO2/c1-7-19-15(18)14(17-6)13-10-12(16(3,4)5)9-8-11(13)2/h8-10,14,17H,7H2,1-6H3. The van der Waals surface area contributed by atoms with Crippen molar-refractivity contribution < 1.29 is 9.53 Å². The number of hydrogen-bond donors (Lipinski definition) is 1. The molecule has 1 rings (SSSR count).